The minimum Gasteiger partial charge on any atom is -0.374 e. The molecule has 6 heteroatoms. The van der Waals surface area contributed by atoms with Gasteiger partial charge in [0, 0.05) is 25.3 Å². The molecule has 5 nitrogen and oxygen atoms in total. The van der Waals surface area contributed by atoms with Gasteiger partial charge in [0.1, 0.15) is 5.02 Å². The third kappa shape index (κ3) is 3.41. The van der Waals surface area contributed by atoms with Gasteiger partial charge in [0.2, 0.25) is 0 Å². The van der Waals surface area contributed by atoms with Crippen LogP contribution in [0.5, 0.6) is 0 Å². The number of piperidine rings is 1. The Morgan fingerprint density at radius 3 is 2.70 bits per heavy atom. The SMILES string of the molecule is Cc1cc([N+](=O)[O-])c(Cl)cc1N(C)CC1CCNCC1. The van der Waals surface area contributed by atoms with E-state index >= 15 is 0 Å². The Morgan fingerprint density at radius 1 is 1.45 bits per heavy atom. The van der Waals surface area contributed by atoms with Gasteiger partial charge in [-0.25, -0.2) is 0 Å². The summed E-state index contributed by atoms with van der Waals surface area (Å²) in [5, 5.41) is 14.4. The van der Waals surface area contributed by atoms with Crippen LogP contribution in [0.1, 0.15) is 18.4 Å². The van der Waals surface area contributed by atoms with Crippen molar-refractivity contribution in [3.63, 3.8) is 0 Å². The summed E-state index contributed by atoms with van der Waals surface area (Å²) in [6.45, 7) is 4.98. The fourth-order valence-electron chi connectivity index (χ4n) is 2.76. The zero-order valence-corrected chi connectivity index (χ0v) is 12.6. The van der Waals surface area contributed by atoms with Crippen LogP contribution in [0.15, 0.2) is 12.1 Å². The van der Waals surface area contributed by atoms with Gasteiger partial charge in [0.25, 0.3) is 5.69 Å². The Balaban J connectivity index is 2.14. The molecule has 1 aliphatic rings. The lowest BCUT2D eigenvalue weighted by Crippen LogP contribution is -2.34. The van der Waals surface area contributed by atoms with Gasteiger partial charge in [0.05, 0.1) is 4.92 Å². The number of benzene rings is 1. The number of hydrogen-bond acceptors (Lipinski definition) is 4. The van der Waals surface area contributed by atoms with Crippen LogP contribution >= 0.6 is 11.6 Å². The Hall–Kier alpha value is -1.33. The molecular weight excluding hydrogens is 278 g/mol. The molecule has 0 aromatic heterocycles. The van der Waals surface area contributed by atoms with Gasteiger partial charge in [-0.3, -0.25) is 10.1 Å². The van der Waals surface area contributed by atoms with Crippen molar-refractivity contribution >= 4 is 23.0 Å². The average Bonchev–Trinajstić information content (AvgIpc) is 2.41. The van der Waals surface area contributed by atoms with Crippen molar-refractivity contribution in [3.05, 3.63) is 32.8 Å². The topological polar surface area (TPSA) is 58.4 Å². The Morgan fingerprint density at radius 2 is 2.10 bits per heavy atom. The molecule has 1 aliphatic heterocycles. The maximum Gasteiger partial charge on any atom is 0.288 e. The standard InChI is InChI=1S/C14H20ClN3O2/c1-10-7-14(18(19)20)12(15)8-13(10)17(2)9-11-3-5-16-6-4-11/h7-8,11,16H,3-6,9H2,1-2H3. The molecule has 110 valence electrons. The third-order valence-electron chi connectivity index (χ3n) is 3.86. The predicted molar refractivity (Wildman–Crippen MR) is 81.7 cm³/mol. The zero-order chi connectivity index (χ0) is 14.7. The second-order valence-corrected chi connectivity index (χ2v) is 5.83. The number of nitro benzene ring substituents is 1. The summed E-state index contributed by atoms with van der Waals surface area (Å²) in [4.78, 5) is 12.6. The van der Waals surface area contributed by atoms with Crippen molar-refractivity contribution in [3.8, 4) is 0 Å². The highest BCUT2D eigenvalue weighted by molar-refractivity contribution is 6.33. The summed E-state index contributed by atoms with van der Waals surface area (Å²) in [6.07, 6.45) is 2.34. The summed E-state index contributed by atoms with van der Waals surface area (Å²) < 4.78 is 0. The zero-order valence-electron chi connectivity index (χ0n) is 11.9. The molecule has 0 unspecified atom stereocenters. The lowest BCUT2D eigenvalue weighted by Gasteiger charge is -2.29. The molecule has 1 N–H and O–H groups in total. The molecule has 2 rings (SSSR count). The van der Waals surface area contributed by atoms with E-state index in [-0.39, 0.29) is 10.7 Å². The summed E-state index contributed by atoms with van der Waals surface area (Å²) in [6, 6.07) is 3.26. The first-order valence-corrected chi connectivity index (χ1v) is 7.23. The van der Waals surface area contributed by atoms with E-state index in [2.05, 4.69) is 10.2 Å². The molecule has 1 heterocycles. The number of aryl methyl sites for hydroxylation is 1. The number of anilines is 1. The van der Waals surface area contributed by atoms with E-state index in [9.17, 15) is 10.1 Å². The second kappa shape index (κ2) is 6.41. The third-order valence-corrected chi connectivity index (χ3v) is 4.17. The van der Waals surface area contributed by atoms with Crippen molar-refractivity contribution in [2.75, 3.05) is 31.6 Å². The minimum absolute atomic E-state index is 0.0248. The molecule has 1 aromatic carbocycles. The Bertz CT molecular complexity index is 501. The van der Waals surface area contributed by atoms with Crippen LogP contribution in [0.2, 0.25) is 5.02 Å². The highest BCUT2D eigenvalue weighted by Crippen LogP contribution is 2.32. The smallest absolute Gasteiger partial charge is 0.288 e. The fraction of sp³-hybridized carbons (Fsp3) is 0.571. The largest absolute Gasteiger partial charge is 0.374 e. The highest BCUT2D eigenvalue weighted by atomic mass is 35.5. The molecule has 0 aliphatic carbocycles. The Labute approximate surface area is 124 Å². The molecule has 0 amide bonds. The second-order valence-electron chi connectivity index (χ2n) is 5.42. The van der Waals surface area contributed by atoms with Crippen LogP contribution in [0.25, 0.3) is 0 Å². The highest BCUT2D eigenvalue weighted by Gasteiger charge is 2.19. The van der Waals surface area contributed by atoms with Gasteiger partial charge in [0.15, 0.2) is 0 Å². The predicted octanol–water partition coefficient (Wildman–Crippen LogP) is 2.99. The number of halogens is 1. The van der Waals surface area contributed by atoms with E-state index in [1.54, 1.807) is 12.1 Å². The van der Waals surface area contributed by atoms with Crippen LogP contribution in [0, 0.1) is 23.0 Å². The maximum absolute atomic E-state index is 10.9. The van der Waals surface area contributed by atoms with Crippen LogP contribution in [-0.2, 0) is 0 Å². The Kier molecular flexibility index (Phi) is 4.83. The van der Waals surface area contributed by atoms with Crippen molar-refractivity contribution in [2.24, 2.45) is 5.92 Å². The molecular formula is C14H20ClN3O2. The summed E-state index contributed by atoms with van der Waals surface area (Å²) in [5.74, 6) is 0.662. The van der Waals surface area contributed by atoms with E-state index in [1.807, 2.05) is 14.0 Å². The van der Waals surface area contributed by atoms with Gasteiger partial charge in [-0.05, 0) is 50.4 Å². The van der Waals surface area contributed by atoms with Crippen LogP contribution < -0.4 is 10.2 Å². The molecule has 0 radical (unpaired) electrons. The molecule has 1 fully saturated rings. The molecule has 0 saturated carbocycles. The minimum atomic E-state index is -0.439. The van der Waals surface area contributed by atoms with Crippen LogP contribution in [0.4, 0.5) is 11.4 Å². The number of hydrogen-bond donors (Lipinski definition) is 1. The van der Waals surface area contributed by atoms with Crippen molar-refractivity contribution in [1.82, 2.24) is 5.32 Å². The van der Waals surface area contributed by atoms with Gasteiger partial charge in [-0.15, -0.1) is 0 Å². The van der Waals surface area contributed by atoms with E-state index in [0.717, 1.165) is 30.9 Å². The van der Waals surface area contributed by atoms with E-state index in [1.165, 1.54) is 12.8 Å². The van der Waals surface area contributed by atoms with Crippen molar-refractivity contribution in [2.45, 2.75) is 19.8 Å². The lowest BCUT2D eigenvalue weighted by atomic mass is 9.97. The first-order valence-electron chi connectivity index (χ1n) is 6.85. The quantitative estimate of drug-likeness (QED) is 0.685. The van der Waals surface area contributed by atoms with E-state index in [0.29, 0.717) is 5.92 Å². The lowest BCUT2D eigenvalue weighted by molar-refractivity contribution is -0.384. The van der Waals surface area contributed by atoms with Gasteiger partial charge < -0.3 is 10.2 Å². The summed E-state index contributed by atoms with van der Waals surface area (Å²) in [5.41, 5.74) is 1.83. The number of rotatable bonds is 4. The number of nitro groups is 1. The molecule has 1 aromatic rings. The molecule has 0 spiro atoms. The average molecular weight is 298 g/mol. The maximum atomic E-state index is 10.9. The normalized spacial score (nSPS) is 16.1. The van der Waals surface area contributed by atoms with Crippen molar-refractivity contribution in [1.29, 1.82) is 0 Å². The first-order chi connectivity index (χ1) is 9.49. The van der Waals surface area contributed by atoms with Gasteiger partial charge in [-0.1, -0.05) is 11.6 Å². The fourth-order valence-corrected chi connectivity index (χ4v) is 2.98. The summed E-state index contributed by atoms with van der Waals surface area (Å²) in [7, 11) is 2.02. The van der Waals surface area contributed by atoms with E-state index < -0.39 is 4.92 Å². The monoisotopic (exact) mass is 297 g/mol. The van der Waals surface area contributed by atoms with Crippen molar-refractivity contribution < 1.29 is 4.92 Å². The van der Waals surface area contributed by atoms with Crippen LogP contribution in [-0.4, -0.2) is 31.6 Å². The molecule has 20 heavy (non-hydrogen) atoms. The number of nitrogens with one attached hydrogen (secondary N) is 1. The number of nitrogens with zero attached hydrogens (tertiary/aromatic N) is 2. The van der Waals surface area contributed by atoms with Gasteiger partial charge >= 0.3 is 0 Å². The molecule has 0 bridgehead atoms. The van der Waals surface area contributed by atoms with Gasteiger partial charge in [-0.2, -0.15) is 0 Å². The molecule has 1 saturated heterocycles. The molecule has 0 atom stereocenters. The van der Waals surface area contributed by atoms with Crippen LogP contribution in [0.3, 0.4) is 0 Å². The first kappa shape index (κ1) is 15.1. The summed E-state index contributed by atoms with van der Waals surface area (Å²) >= 11 is 6.00. The van der Waals surface area contributed by atoms with E-state index in [4.69, 9.17) is 11.6 Å².